The third kappa shape index (κ3) is 3.22. The van der Waals surface area contributed by atoms with Crippen LogP contribution in [0.15, 0.2) is 44.8 Å². The van der Waals surface area contributed by atoms with Crippen molar-refractivity contribution in [2.75, 3.05) is 12.4 Å². The molecule has 0 aliphatic rings. The van der Waals surface area contributed by atoms with Crippen LogP contribution >= 0.6 is 43.2 Å². The topological polar surface area (TPSA) is 34.1 Å². The van der Waals surface area contributed by atoms with Crippen LogP contribution in [0.2, 0.25) is 0 Å². The molecular formula is C15H12Br2N2OS. The van der Waals surface area contributed by atoms with Gasteiger partial charge in [-0.3, -0.25) is 0 Å². The van der Waals surface area contributed by atoms with Gasteiger partial charge in [0.05, 0.1) is 31.8 Å². The number of nitrogens with zero attached hydrogens (tertiary/aromatic N) is 1. The number of nitrogens with one attached hydrogen (secondary N) is 1. The van der Waals surface area contributed by atoms with E-state index in [-0.39, 0.29) is 0 Å². The van der Waals surface area contributed by atoms with Crippen LogP contribution in [0.4, 0.5) is 5.69 Å². The van der Waals surface area contributed by atoms with Gasteiger partial charge in [0.15, 0.2) is 0 Å². The third-order valence-corrected chi connectivity index (χ3v) is 5.06. The highest BCUT2D eigenvalue weighted by Gasteiger charge is 2.08. The molecule has 0 spiro atoms. The zero-order valence-corrected chi connectivity index (χ0v) is 15.2. The van der Waals surface area contributed by atoms with E-state index in [0.29, 0.717) is 0 Å². The number of benzene rings is 2. The molecule has 0 radical (unpaired) electrons. The first kappa shape index (κ1) is 14.8. The van der Waals surface area contributed by atoms with Crippen molar-refractivity contribution in [3.63, 3.8) is 0 Å². The van der Waals surface area contributed by atoms with E-state index in [4.69, 9.17) is 4.74 Å². The molecular weight excluding hydrogens is 416 g/mol. The van der Waals surface area contributed by atoms with Crippen LogP contribution in [0.1, 0.15) is 5.56 Å². The number of halogens is 2. The second-order valence-electron chi connectivity index (χ2n) is 4.48. The lowest BCUT2D eigenvalue weighted by Crippen LogP contribution is -2.00. The summed E-state index contributed by atoms with van der Waals surface area (Å²) in [5.74, 6) is 0.810. The fourth-order valence-electron chi connectivity index (χ4n) is 2.08. The van der Waals surface area contributed by atoms with Gasteiger partial charge in [-0.1, -0.05) is 0 Å². The summed E-state index contributed by atoms with van der Waals surface area (Å²) in [5.41, 5.74) is 5.17. The third-order valence-electron chi connectivity index (χ3n) is 3.09. The van der Waals surface area contributed by atoms with E-state index < -0.39 is 0 Å². The van der Waals surface area contributed by atoms with Gasteiger partial charge in [-0.25, -0.2) is 4.98 Å². The molecule has 0 saturated carbocycles. The van der Waals surface area contributed by atoms with Gasteiger partial charge in [-0.2, -0.15) is 0 Å². The molecule has 0 fully saturated rings. The van der Waals surface area contributed by atoms with Crippen molar-refractivity contribution in [2.24, 2.45) is 0 Å². The summed E-state index contributed by atoms with van der Waals surface area (Å²) >= 11 is 8.70. The highest BCUT2D eigenvalue weighted by molar-refractivity contribution is 9.11. The molecule has 0 aliphatic heterocycles. The zero-order chi connectivity index (χ0) is 14.8. The quantitative estimate of drug-likeness (QED) is 0.601. The van der Waals surface area contributed by atoms with Crippen molar-refractivity contribution in [1.29, 1.82) is 0 Å². The molecule has 6 heteroatoms. The molecule has 0 saturated heterocycles. The maximum absolute atomic E-state index is 5.31. The van der Waals surface area contributed by atoms with Crippen molar-refractivity contribution in [3.05, 3.63) is 50.4 Å². The minimum atomic E-state index is 0.742. The summed E-state index contributed by atoms with van der Waals surface area (Å²) in [6, 6.07) is 10.3. The minimum Gasteiger partial charge on any atom is -0.494 e. The molecule has 2 aromatic carbocycles. The van der Waals surface area contributed by atoms with Crippen molar-refractivity contribution in [2.45, 2.75) is 6.54 Å². The predicted molar refractivity (Wildman–Crippen MR) is 95.3 cm³/mol. The molecule has 3 nitrogen and oxygen atoms in total. The molecule has 108 valence electrons. The van der Waals surface area contributed by atoms with E-state index in [1.807, 2.05) is 11.6 Å². The molecule has 1 N–H and O–H groups in total. The number of fused-ring (bicyclic) bond motifs is 1. The molecule has 21 heavy (non-hydrogen) atoms. The van der Waals surface area contributed by atoms with Gasteiger partial charge < -0.3 is 10.1 Å². The average Bonchev–Trinajstić information content (AvgIpc) is 2.92. The number of rotatable bonds is 4. The summed E-state index contributed by atoms with van der Waals surface area (Å²) in [4.78, 5) is 4.28. The Morgan fingerprint density at radius 2 is 1.95 bits per heavy atom. The van der Waals surface area contributed by atoms with Crippen molar-refractivity contribution in [1.82, 2.24) is 4.98 Å². The number of hydrogen-bond donors (Lipinski definition) is 1. The van der Waals surface area contributed by atoms with Crippen LogP contribution in [0, 0.1) is 0 Å². The van der Waals surface area contributed by atoms with Crippen LogP contribution in [0.25, 0.3) is 10.2 Å². The molecule has 3 rings (SSSR count). The summed E-state index contributed by atoms with van der Waals surface area (Å²) in [6.45, 7) is 0.742. The largest absolute Gasteiger partial charge is 0.494 e. The van der Waals surface area contributed by atoms with Gasteiger partial charge in [0.1, 0.15) is 5.75 Å². The van der Waals surface area contributed by atoms with Crippen molar-refractivity contribution >= 4 is 59.1 Å². The van der Waals surface area contributed by atoms with Crippen molar-refractivity contribution < 1.29 is 4.74 Å². The molecule has 1 aromatic heterocycles. The fourth-order valence-corrected chi connectivity index (χ4v) is 4.40. The molecule has 0 amide bonds. The van der Waals surface area contributed by atoms with Crippen LogP contribution in [0.5, 0.6) is 5.75 Å². The van der Waals surface area contributed by atoms with Gasteiger partial charge in [-0.05, 0) is 67.8 Å². The monoisotopic (exact) mass is 426 g/mol. The Balaban J connectivity index is 1.78. The molecule has 0 bridgehead atoms. The maximum atomic E-state index is 5.31. The lowest BCUT2D eigenvalue weighted by Gasteiger charge is -2.11. The maximum Gasteiger partial charge on any atom is 0.147 e. The molecule has 0 unspecified atom stereocenters. The van der Waals surface area contributed by atoms with E-state index in [1.54, 1.807) is 18.4 Å². The molecule has 3 aromatic rings. The number of thiazole rings is 1. The zero-order valence-electron chi connectivity index (χ0n) is 11.2. The Morgan fingerprint density at radius 3 is 2.67 bits per heavy atom. The van der Waals surface area contributed by atoms with Gasteiger partial charge in [0.25, 0.3) is 0 Å². The normalized spacial score (nSPS) is 10.8. The lowest BCUT2D eigenvalue weighted by molar-refractivity contribution is 0.409. The van der Waals surface area contributed by atoms with E-state index in [2.05, 4.69) is 66.4 Å². The Hall–Kier alpha value is -1.11. The van der Waals surface area contributed by atoms with Gasteiger partial charge in [0, 0.05) is 12.2 Å². The van der Waals surface area contributed by atoms with E-state index in [1.165, 1.54) is 10.3 Å². The van der Waals surface area contributed by atoms with Crippen LogP contribution in [0.3, 0.4) is 0 Å². The van der Waals surface area contributed by atoms with Crippen molar-refractivity contribution in [3.8, 4) is 5.75 Å². The smallest absolute Gasteiger partial charge is 0.147 e. The minimum absolute atomic E-state index is 0.742. The Morgan fingerprint density at radius 1 is 1.19 bits per heavy atom. The predicted octanol–water partition coefficient (Wildman–Crippen LogP) is 5.44. The van der Waals surface area contributed by atoms with Crippen LogP contribution < -0.4 is 10.1 Å². The number of aromatic nitrogens is 1. The number of methoxy groups -OCH3 is 1. The molecule has 0 atom stereocenters. The Labute approximate surface area is 143 Å². The first-order valence-electron chi connectivity index (χ1n) is 6.26. The first-order valence-corrected chi connectivity index (χ1v) is 8.73. The van der Waals surface area contributed by atoms with Gasteiger partial charge in [-0.15, -0.1) is 11.3 Å². The summed E-state index contributed by atoms with van der Waals surface area (Å²) < 4.78 is 8.38. The Bertz CT molecular complexity index is 765. The van der Waals surface area contributed by atoms with Gasteiger partial charge in [0.2, 0.25) is 0 Å². The average molecular weight is 428 g/mol. The summed E-state index contributed by atoms with van der Waals surface area (Å²) in [6.07, 6.45) is 0. The summed E-state index contributed by atoms with van der Waals surface area (Å²) in [7, 11) is 1.66. The summed E-state index contributed by atoms with van der Waals surface area (Å²) in [5, 5.41) is 3.43. The molecule has 1 heterocycles. The second-order valence-corrected chi connectivity index (χ2v) is 7.08. The Kier molecular flexibility index (Phi) is 4.47. The number of ether oxygens (including phenoxy) is 1. The SMILES string of the molecule is COc1c(Br)cc(CNc2ccc3ncsc3c2)cc1Br. The van der Waals surface area contributed by atoms with E-state index in [0.717, 1.165) is 32.4 Å². The molecule has 0 aliphatic carbocycles. The van der Waals surface area contributed by atoms with Crippen LogP contribution in [-0.4, -0.2) is 12.1 Å². The highest BCUT2D eigenvalue weighted by Crippen LogP contribution is 2.34. The number of anilines is 1. The second kappa shape index (κ2) is 6.34. The lowest BCUT2D eigenvalue weighted by atomic mass is 10.2. The van der Waals surface area contributed by atoms with E-state index >= 15 is 0 Å². The van der Waals surface area contributed by atoms with E-state index in [9.17, 15) is 0 Å². The first-order chi connectivity index (χ1) is 10.2. The van der Waals surface area contributed by atoms with Crippen LogP contribution in [-0.2, 0) is 6.54 Å². The fraction of sp³-hybridized carbons (Fsp3) is 0.133. The highest BCUT2D eigenvalue weighted by atomic mass is 79.9. The number of hydrogen-bond acceptors (Lipinski definition) is 4. The standard InChI is InChI=1S/C15H12Br2N2OS/c1-20-15-11(16)4-9(5-12(15)17)7-18-10-2-3-13-14(6-10)21-8-19-13/h2-6,8,18H,7H2,1H3. The van der Waals surface area contributed by atoms with Gasteiger partial charge >= 0.3 is 0 Å².